The second kappa shape index (κ2) is 4.61. The maximum atomic E-state index is 4.29. The third-order valence-corrected chi connectivity index (χ3v) is 3.88. The van der Waals surface area contributed by atoms with Crippen LogP contribution in [-0.2, 0) is 12.8 Å². The van der Waals surface area contributed by atoms with Gasteiger partial charge in [0, 0.05) is 18.2 Å². The molecule has 1 aliphatic carbocycles. The second-order valence-corrected chi connectivity index (χ2v) is 5.30. The molecular formula is C13H20N4. The molecule has 1 fully saturated rings. The topological polar surface area (TPSA) is 41.0 Å². The summed E-state index contributed by atoms with van der Waals surface area (Å²) in [5.41, 5.74) is 2.81. The summed E-state index contributed by atoms with van der Waals surface area (Å²) in [4.78, 5) is 2.39. The van der Waals surface area contributed by atoms with Crippen LogP contribution in [0.2, 0.25) is 0 Å². The molecule has 0 saturated carbocycles. The standard InChI is InChI=1S/C13H20N4/c1-17-7-3-5-11(9-17)15-13-12-6-2-4-10(12)8-14-16-13/h8,11H,2-7,9H2,1H3,(H,15,16)/t11-/m1/s1. The van der Waals surface area contributed by atoms with E-state index in [0.29, 0.717) is 6.04 Å². The number of fused-ring (bicyclic) bond motifs is 1. The van der Waals surface area contributed by atoms with Gasteiger partial charge in [-0.1, -0.05) is 0 Å². The third kappa shape index (κ3) is 2.27. The lowest BCUT2D eigenvalue weighted by Crippen LogP contribution is -2.40. The predicted octanol–water partition coefficient (Wildman–Crippen LogP) is 1.47. The number of hydrogen-bond donors (Lipinski definition) is 1. The molecule has 2 heterocycles. The van der Waals surface area contributed by atoms with Crippen LogP contribution in [0.3, 0.4) is 0 Å². The molecule has 0 amide bonds. The summed E-state index contributed by atoms with van der Waals surface area (Å²) in [6, 6.07) is 0.537. The van der Waals surface area contributed by atoms with E-state index in [9.17, 15) is 0 Å². The molecule has 4 heteroatoms. The number of rotatable bonds is 2. The molecule has 0 unspecified atom stereocenters. The van der Waals surface area contributed by atoms with Crippen LogP contribution in [0.4, 0.5) is 5.82 Å². The Morgan fingerprint density at radius 3 is 3.18 bits per heavy atom. The van der Waals surface area contributed by atoms with Crippen LogP contribution in [0, 0.1) is 0 Å². The van der Waals surface area contributed by atoms with Crippen molar-refractivity contribution in [3.05, 3.63) is 17.3 Å². The van der Waals surface area contributed by atoms with Crippen LogP contribution in [0.25, 0.3) is 0 Å². The van der Waals surface area contributed by atoms with Gasteiger partial charge in [-0.15, -0.1) is 5.10 Å². The van der Waals surface area contributed by atoms with Crippen LogP contribution in [0.1, 0.15) is 30.4 Å². The van der Waals surface area contributed by atoms with Crippen molar-refractivity contribution in [2.75, 3.05) is 25.5 Å². The van der Waals surface area contributed by atoms with Gasteiger partial charge in [-0.3, -0.25) is 0 Å². The SMILES string of the molecule is CN1CCC[C@@H](Nc2nncc3c2CCC3)C1. The van der Waals surface area contributed by atoms with Crippen LogP contribution in [-0.4, -0.2) is 41.3 Å². The summed E-state index contributed by atoms with van der Waals surface area (Å²) in [6.45, 7) is 2.34. The Morgan fingerprint density at radius 1 is 1.35 bits per heavy atom. The zero-order valence-electron chi connectivity index (χ0n) is 10.4. The highest BCUT2D eigenvalue weighted by atomic mass is 15.2. The number of likely N-dealkylation sites (N-methyl/N-ethyl adjacent to an activating group) is 1. The fourth-order valence-electron chi connectivity index (χ4n) is 2.99. The normalized spacial score (nSPS) is 24.6. The van der Waals surface area contributed by atoms with E-state index in [2.05, 4.69) is 27.5 Å². The molecule has 2 aliphatic rings. The maximum Gasteiger partial charge on any atom is 0.152 e. The lowest BCUT2D eigenvalue weighted by atomic mass is 10.1. The van der Waals surface area contributed by atoms with Crippen molar-refractivity contribution in [1.29, 1.82) is 0 Å². The van der Waals surface area contributed by atoms with Gasteiger partial charge >= 0.3 is 0 Å². The molecule has 4 nitrogen and oxygen atoms in total. The maximum absolute atomic E-state index is 4.29. The lowest BCUT2D eigenvalue weighted by Gasteiger charge is -2.30. The van der Waals surface area contributed by atoms with E-state index in [1.165, 1.54) is 43.4 Å². The molecule has 1 aliphatic heterocycles. The summed E-state index contributed by atoms with van der Waals surface area (Å²) in [5.74, 6) is 1.04. The molecule has 0 bridgehead atoms. The first-order valence-corrected chi connectivity index (χ1v) is 6.61. The molecular weight excluding hydrogens is 212 g/mol. The molecule has 1 aromatic heterocycles. The molecule has 17 heavy (non-hydrogen) atoms. The molecule has 0 aromatic carbocycles. The van der Waals surface area contributed by atoms with Crippen molar-refractivity contribution in [3.63, 3.8) is 0 Å². The molecule has 0 radical (unpaired) electrons. The van der Waals surface area contributed by atoms with Crippen molar-refractivity contribution in [1.82, 2.24) is 15.1 Å². The Bertz CT molecular complexity index is 404. The Labute approximate surface area is 102 Å². The molecule has 1 atom stereocenters. The van der Waals surface area contributed by atoms with Crippen LogP contribution in [0.15, 0.2) is 6.20 Å². The van der Waals surface area contributed by atoms with Gasteiger partial charge in [0.05, 0.1) is 6.20 Å². The zero-order chi connectivity index (χ0) is 11.7. The average molecular weight is 232 g/mol. The van der Waals surface area contributed by atoms with Crippen molar-refractivity contribution in [3.8, 4) is 0 Å². The molecule has 92 valence electrons. The lowest BCUT2D eigenvalue weighted by molar-refractivity contribution is 0.260. The molecule has 1 saturated heterocycles. The van der Waals surface area contributed by atoms with Gasteiger partial charge < -0.3 is 10.2 Å². The number of likely N-dealkylation sites (tertiary alicyclic amines) is 1. The number of piperidine rings is 1. The number of aryl methyl sites for hydroxylation is 1. The summed E-state index contributed by atoms with van der Waals surface area (Å²) in [7, 11) is 2.19. The highest BCUT2D eigenvalue weighted by molar-refractivity contribution is 5.49. The van der Waals surface area contributed by atoms with E-state index in [1.54, 1.807) is 0 Å². The van der Waals surface area contributed by atoms with Gasteiger partial charge in [0.2, 0.25) is 0 Å². The van der Waals surface area contributed by atoms with Crippen molar-refractivity contribution in [2.45, 2.75) is 38.1 Å². The van der Waals surface area contributed by atoms with E-state index in [-0.39, 0.29) is 0 Å². The van der Waals surface area contributed by atoms with Gasteiger partial charge in [-0.25, -0.2) is 0 Å². The molecule has 0 spiro atoms. The van der Waals surface area contributed by atoms with Crippen LogP contribution >= 0.6 is 0 Å². The Morgan fingerprint density at radius 2 is 2.29 bits per heavy atom. The molecule has 1 N–H and O–H groups in total. The van der Waals surface area contributed by atoms with Gasteiger partial charge in [-0.2, -0.15) is 5.10 Å². The minimum atomic E-state index is 0.537. The van der Waals surface area contributed by atoms with Crippen molar-refractivity contribution in [2.24, 2.45) is 0 Å². The van der Waals surface area contributed by atoms with E-state index >= 15 is 0 Å². The van der Waals surface area contributed by atoms with Crippen LogP contribution < -0.4 is 5.32 Å². The fraction of sp³-hybridized carbons (Fsp3) is 0.692. The number of nitrogens with zero attached hydrogens (tertiary/aromatic N) is 3. The third-order valence-electron chi connectivity index (χ3n) is 3.88. The number of anilines is 1. The summed E-state index contributed by atoms with van der Waals surface area (Å²) >= 11 is 0. The molecule has 1 aromatic rings. The Balaban J connectivity index is 1.74. The fourth-order valence-corrected chi connectivity index (χ4v) is 2.99. The highest BCUT2D eigenvalue weighted by Crippen LogP contribution is 2.27. The van der Waals surface area contributed by atoms with Crippen LogP contribution in [0.5, 0.6) is 0 Å². The largest absolute Gasteiger partial charge is 0.364 e. The smallest absolute Gasteiger partial charge is 0.152 e. The van der Waals surface area contributed by atoms with Gasteiger partial charge in [0.15, 0.2) is 5.82 Å². The van der Waals surface area contributed by atoms with E-state index in [4.69, 9.17) is 0 Å². The monoisotopic (exact) mass is 232 g/mol. The van der Waals surface area contributed by atoms with Crippen molar-refractivity contribution < 1.29 is 0 Å². The Kier molecular flexibility index (Phi) is 2.97. The van der Waals surface area contributed by atoms with Gasteiger partial charge in [0.1, 0.15) is 0 Å². The summed E-state index contributed by atoms with van der Waals surface area (Å²) in [5, 5.41) is 12.0. The Hall–Kier alpha value is -1.16. The van der Waals surface area contributed by atoms with Crippen molar-refractivity contribution >= 4 is 5.82 Å². The number of hydrogen-bond acceptors (Lipinski definition) is 4. The van der Waals surface area contributed by atoms with E-state index < -0.39 is 0 Å². The quantitative estimate of drug-likeness (QED) is 0.838. The molecule has 3 rings (SSSR count). The van der Waals surface area contributed by atoms with Gasteiger partial charge in [-0.05, 0) is 51.3 Å². The average Bonchev–Trinajstić information content (AvgIpc) is 2.78. The first-order chi connectivity index (χ1) is 8.33. The zero-order valence-corrected chi connectivity index (χ0v) is 10.4. The summed E-state index contributed by atoms with van der Waals surface area (Å²) in [6.07, 6.45) is 8.04. The number of aromatic nitrogens is 2. The minimum absolute atomic E-state index is 0.537. The number of nitrogens with one attached hydrogen (secondary N) is 1. The highest BCUT2D eigenvalue weighted by Gasteiger charge is 2.21. The van der Waals surface area contributed by atoms with Gasteiger partial charge in [0.25, 0.3) is 0 Å². The first kappa shape index (κ1) is 11.0. The predicted molar refractivity (Wildman–Crippen MR) is 68.2 cm³/mol. The van der Waals surface area contributed by atoms with E-state index in [1.807, 2.05) is 6.20 Å². The first-order valence-electron chi connectivity index (χ1n) is 6.61. The second-order valence-electron chi connectivity index (χ2n) is 5.30. The summed E-state index contributed by atoms with van der Waals surface area (Å²) < 4.78 is 0. The van der Waals surface area contributed by atoms with E-state index in [0.717, 1.165) is 18.8 Å². The minimum Gasteiger partial charge on any atom is -0.364 e.